The smallest absolute Gasteiger partial charge is 0.223 e. The lowest BCUT2D eigenvalue weighted by Gasteiger charge is -2.33. The van der Waals surface area contributed by atoms with E-state index >= 15 is 0 Å². The highest BCUT2D eigenvalue weighted by Crippen LogP contribution is 2.15. The number of likely N-dealkylation sites (N-methyl/N-ethyl adjacent to an activating group) is 2. The number of nitrogens with zero attached hydrogens (tertiary/aromatic N) is 4. The number of hydrogen-bond donors (Lipinski definition) is 1. The second kappa shape index (κ2) is 11.9. The fraction of sp³-hybridized carbons (Fsp3) is 0.435. The molecule has 0 aliphatic heterocycles. The summed E-state index contributed by atoms with van der Waals surface area (Å²) in [6.07, 6.45) is 1.98. The van der Waals surface area contributed by atoms with E-state index in [0.717, 1.165) is 17.9 Å². The fourth-order valence-electron chi connectivity index (χ4n) is 3.33. The summed E-state index contributed by atoms with van der Waals surface area (Å²) in [7, 11) is 0. The second-order valence-electron chi connectivity index (χ2n) is 7.14. The van der Waals surface area contributed by atoms with Crippen LogP contribution >= 0.6 is 0 Å². The number of nitriles is 1. The van der Waals surface area contributed by atoms with Crippen LogP contribution in [-0.4, -0.2) is 48.0 Å². The number of nitrogens with one attached hydrogen (secondary N) is 1. The van der Waals surface area contributed by atoms with E-state index in [2.05, 4.69) is 28.2 Å². The number of rotatable bonds is 11. The van der Waals surface area contributed by atoms with Crippen molar-refractivity contribution in [3.05, 3.63) is 59.5 Å². The van der Waals surface area contributed by atoms with Gasteiger partial charge in [-0.2, -0.15) is 5.26 Å². The molecular weight excluding hydrogens is 381 g/mol. The first-order chi connectivity index (χ1) is 14.5. The first-order valence-electron chi connectivity index (χ1n) is 10.3. The number of benzene rings is 1. The molecule has 2 aromatic rings. The van der Waals surface area contributed by atoms with E-state index in [1.807, 2.05) is 24.8 Å². The van der Waals surface area contributed by atoms with E-state index in [9.17, 15) is 9.18 Å². The molecule has 0 fully saturated rings. The molecule has 1 N–H and O–H groups in total. The maximum Gasteiger partial charge on any atom is 0.223 e. The number of pyridine rings is 1. The molecule has 1 atom stereocenters. The van der Waals surface area contributed by atoms with Gasteiger partial charge >= 0.3 is 0 Å². The molecule has 0 saturated heterocycles. The molecule has 0 aliphatic rings. The average molecular weight is 412 g/mol. The summed E-state index contributed by atoms with van der Waals surface area (Å²) in [5.41, 5.74) is 1.51. The molecule has 2 rings (SSSR count). The normalized spacial score (nSPS) is 11.6. The first kappa shape index (κ1) is 23.3. The van der Waals surface area contributed by atoms with Crippen LogP contribution in [-0.2, 0) is 11.3 Å². The zero-order chi connectivity index (χ0) is 21.9. The number of amides is 1. The maximum atomic E-state index is 12.9. The predicted molar refractivity (Wildman–Crippen MR) is 116 cm³/mol. The molecule has 0 bridgehead atoms. The molecule has 1 amide bonds. The minimum Gasteiger partial charge on any atom is -0.352 e. The van der Waals surface area contributed by atoms with Crippen LogP contribution in [0, 0.1) is 17.1 Å². The quantitative estimate of drug-likeness (QED) is 0.574. The summed E-state index contributed by atoms with van der Waals surface area (Å²) < 4.78 is 12.9. The van der Waals surface area contributed by atoms with Gasteiger partial charge in [0, 0.05) is 51.4 Å². The van der Waals surface area contributed by atoms with Gasteiger partial charge in [-0.15, -0.1) is 0 Å². The molecule has 1 aromatic carbocycles. The number of anilines is 1. The molecule has 0 saturated carbocycles. The predicted octanol–water partition coefficient (Wildman–Crippen LogP) is 3.34. The highest BCUT2D eigenvalue weighted by molar-refractivity contribution is 5.76. The lowest BCUT2D eigenvalue weighted by Crippen LogP contribution is -2.45. The van der Waals surface area contributed by atoms with Crippen molar-refractivity contribution in [1.82, 2.24) is 15.2 Å². The highest BCUT2D eigenvalue weighted by Gasteiger charge is 2.20. The lowest BCUT2D eigenvalue weighted by molar-refractivity contribution is -0.131. The van der Waals surface area contributed by atoms with E-state index in [1.165, 1.54) is 12.1 Å². The molecule has 0 spiro atoms. The minimum absolute atomic E-state index is 0.0894. The van der Waals surface area contributed by atoms with Crippen molar-refractivity contribution >= 4 is 11.7 Å². The molecule has 7 heteroatoms. The van der Waals surface area contributed by atoms with Crippen LogP contribution < -0.4 is 10.2 Å². The van der Waals surface area contributed by atoms with Crippen molar-refractivity contribution in [1.29, 1.82) is 5.26 Å². The van der Waals surface area contributed by atoms with E-state index in [1.54, 1.807) is 24.4 Å². The molecule has 0 radical (unpaired) electrons. The summed E-state index contributed by atoms with van der Waals surface area (Å²) in [4.78, 5) is 21.0. The van der Waals surface area contributed by atoms with Crippen molar-refractivity contribution in [2.24, 2.45) is 0 Å². The monoisotopic (exact) mass is 411 g/mol. The summed E-state index contributed by atoms with van der Waals surface area (Å²) in [6, 6.07) is 12.1. The number of carbonyl (C=O) groups is 1. The van der Waals surface area contributed by atoms with Crippen LogP contribution in [0.3, 0.4) is 0 Å². The second-order valence-corrected chi connectivity index (χ2v) is 7.14. The molecular formula is C23H30FN5O. The summed E-state index contributed by atoms with van der Waals surface area (Å²) in [6.45, 7) is 9.26. The van der Waals surface area contributed by atoms with Gasteiger partial charge in [0.1, 0.15) is 17.7 Å². The van der Waals surface area contributed by atoms with Gasteiger partial charge in [-0.3, -0.25) is 4.79 Å². The SMILES string of the molecule is CCN(CC(C)N(CC)c1ccc(C#N)cn1)C(=O)CCNCc1ccc(F)cc1. The van der Waals surface area contributed by atoms with Gasteiger partial charge in [0.15, 0.2) is 0 Å². The molecule has 160 valence electrons. The third-order valence-electron chi connectivity index (χ3n) is 5.02. The van der Waals surface area contributed by atoms with Gasteiger partial charge in [0.05, 0.1) is 5.56 Å². The van der Waals surface area contributed by atoms with Gasteiger partial charge in [0.2, 0.25) is 5.91 Å². The molecule has 30 heavy (non-hydrogen) atoms. The van der Waals surface area contributed by atoms with Crippen LogP contribution in [0.2, 0.25) is 0 Å². The Balaban J connectivity index is 1.84. The van der Waals surface area contributed by atoms with Gasteiger partial charge in [-0.05, 0) is 50.6 Å². The number of carbonyl (C=O) groups excluding carboxylic acids is 1. The lowest BCUT2D eigenvalue weighted by atomic mass is 10.2. The van der Waals surface area contributed by atoms with Crippen molar-refractivity contribution in [3.8, 4) is 6.07 Å². The molecule has 1 unspecified atom stereocenters. The Hall–Kier alpha value is -2.98. The van der Waals surface area contributed by atoms with E-state index in [0.29, 0.717) is 38.2 Å². The average Bonchev–Trinajstić information content (AvgIpc) is 2.77. The van der Waals surface area contributed by atoms with Crippen molar-refractivity contribution in [3.63, 3.8) is 0 Å². The third kappa shape index (κ3) is 6.82. The van der Waals surface area contributed by atoms with Gasteiger partial charge in [-0.1, -0.05) is 12.1 Å². The number of halogens is 1. The zero-order valence-corrected chi connectivity index (χ0v) is 17.9. The Morgan fingerprint density at radius 1 is 1.20 bits per heavy atom. The van der Waals surface area contributed by atoms with Crippen LogP contribution in [0.5, 0.6) is 0 Å². The molecule has 1 heterocycles. The largest absolute Gasteiger partial charge is 0.352 e. The molecule has 1 aromatic heterocycles. The third-order valence-corrected chi connectivity index (χ3v) is 5.02. The van der Waals surface area contributed by atoms with Gasteiger partial charge in [0.25, 0.3) is 0 Å². The Morgan fingerprint density at radius 2 is 1.93 bits per heavy atom. The Bertz CT molecular complexity index is 832. The Labute approximate surface area is 178 Å². The van der Waals surface area contributed by atoms with Crippen molar-refractivity contribution < 1.29 is 9.18 Å². The van der Waals surface area contributed by atoms with Crippen molar-refractivity contribution in [2.75, 3.05) is 31.1 Å². The Morgan fingerprint density at radius 3 is 2.50 bits per heavy atom. The number of hydrogen-bond acceptors (Lipinski definition) is 5. The standard InChI is InChI=1S/C23H30FN5O/c1-4-28(23(30)12-13-26-15-19-6-9-21(24)10-7-19)17-18(3)29(5-2)22-11-8-20(14-25)16-27-22/h6-11,16,18,26H,4-5,12-13,15,17H2,1-3H3. The maximum absolute atomic E-state index is 12.9. The molecule has 6 nitrogen and oxygen atoms in total. The minimum atomic E-state index is -0.251. The topological polar surface area (TPSA) is 72.3 Å². The Kier molecular flexibility index (Phi) is 9.23. The zero-order valence-electron chi connectivity index (χ0n) is 17.9. The van der Waals surface area contributed by atoms with Crippen LogP contribution in [0.4, 0.5) is 10.2 Å². The fourth-order valence-corrected chi connectivity index (χ4v) is 3.33. The summed E-state index contributed by atoms with van der Waals surface area (Å²) in [5, 5.41) is 12.2. The highest BCUT2D eigenvalue weighted by atomic mass is 19.1. The van der Waals surface area contributed by atoms with Crippen LogP contribution in [0.15, 0.2) is 42.6 Å². The van der Waals surface area contributed by atoms with Crippen molar-refractivity contribution in [2.45, 2.75) is 39.8 Å². The summed E-state index contributed by atoms with van der Waals surface area (Å²) >= 11 is 0. The van der Waals surface area contributed by atoms with E-state index in [-0.39, 0.29) is 17.8 Å². The first-order valence-corrected chi connectivity index (χ1v) is 10.3. The van der Waals surface area contributed by atoms with Crippen LogP contribution in [0.1, 0.15) is 38.3 Å². The van der Waals surface area contributed by atoms with E-state index in [4.69, 9.17) is 5.26 Å². The van der Waals surface area contributed by atoms with Crippen LogP contribution in [0.25, 0.3) is 0 Å². The number of aromatic nitrogens is 1. The van der Waals surface area contributed by atoms with Gasteiger partial charge in [-0.25, -0.2) is 9.37 Å². The van der Waals surface area contributed by atoms with Gasteiger partial charge < -0.3 is 15.1 Å². The van der Waals surface area contributed by atoms with E-state index < -0.39 is 0 Å². The molecule has 0 aliphatic carbocycles. The summed E-state index contributed by atoms with van der Waals surface area (Å²) in [5.74, 6) is 0.646.